The highest BCUT2D eigenvalue weighted by molar-refractivity contribution is 7.88. The van der Waals surface area contributed by atoms with Crippen molar-refractivity contribution in [2.75, 3.05) is 19.3 Å². The van der Waals surface area contributed by atoms with Crippen LogP contribution in [0.4, 0.5) is 0 Å². The Hall–Kier alpha value is -1.48. The van der Waals surface area contributed by atoms with Crippen molar-refractivity contribution in [2.45, 2.75) is 31.7 Å². The molecule has 2 rings (SSSR count). The summed E-state index contributed by atoms with van der Waals surface area (Å²) in [6.07, 6.45) is 2.92. The summed E-state index contributed by atoms with van der Waals surface area (Å²) in [7, 11) is -3.21. The van der Waals surface area contributed by atoms with Crippen LogP contribution in [0.15, 0.2) is 5.10 Å². The van der Waals surface area contributed by atoms with Gasteiger partial charge in [0, 0.05) is 32.0 Å². The van der Waals surface area contributed by atoms with Gasteiger partial charge in [0.15, 0.2) is 0 Å². The molecule has 2 N–H and O–H groups in total. The van der Waals surface area contributed by atoms with Crippen LogP contribution in [0.1, 0.15) is 25.7 Å². The van der Waals surface area contributed by atoms with Gasteiger partial charge in [-0.2, -0.15) is 5.10 Å². The molecule has 1 saturated heterocycles. The first kappa shape index (κ1) is 14.9. The smallest absolute Gasteiger partial charge is 0.270 e. The minimum Gasteiger partial charge on any atom is -0.337 e. The summed E-state index contributed by atoms with van der Waals surface area (Å²) in [6.45, 7) is 0.970. The average Bonchev–Trinajstić information content (AvgIpc) is 2.38. The lowest BCUT2D eigenvalue weighted by Gasteiger charge is -2.32. The topological polar surface area (TPSA) is 108 Å². The third-order valence-corrected chi connectivity index (χ3v) is 4.08. The molecule has 2 aliphatic heterocycles. The Labute approximate surface area is 117 Å². The minimum absolute atomic E-state index is 0.123. The van der Waals surface area contributed by atoms with Crippen molar-refractivity contribution in [1.82, 2.24) is 15.0 Å². The van der Waals surface area contributed by atoms with Crippen LogP contribution in [0.25, 0.3) is 0 Å². The molecule has 0 bridgehead atoms. The fraction of sp³-hybridized carbons (Fsp3) is 0.727. The zero-order valence-electron chi connectivity index (χ0n) is 11.3. The van der Waals surface area contributed by atoms with E-state index in [2.05, 4.69) is 15.2 Å². The van der Waals surface area contributed by atoms with E-state index in [0.717, 1.165) is 6.26 Å². The number of sulfonamides is 1. The summed E-state index contributed by atoms with van der Waals surface area (Å²) < 4.78 is 24.8. The van der Waals surface area contributed by atoms with Crippen molar-refractivity contribution in [3.63, 3.8) is 0 Å². The van der Waals surface area contributed by atoms with Gasteiger partial charge >= 0.3 is 0 Å². The lowest BCUT2D eigenvalue weighted by Crippen LogP contribution is -2.48. The van der Waals surface area contributed by atoms with Crippen molar-refractivity contribution >= 4 is 27.5 Å². The summed E-state index contributed by atoms with van der Waals surface area (Å²) >= 11 is 0. The molecule has 2 heterocycles. The first-order chi connectivity index (χ1) is 9.35. The molecule has 2 aliphatic rings. The van der Waals surface area contributed by atoms with Crippen LogP contribution in [0.2, 0.25) is 0 Å². The number of likely N-dealkylation sites (tertiary alicyclic amines) is 1. The largest absolute Gasteiger partial charge is 0.337 e. The molecule has 112 valence electrons. The number of piperidine rings is 1. The van der Waals surface area contributed by atoms with Crippen LogP contribution in [0.5, 0.6) is 0 Å². The third kappa shape index (κ3) is 4.01. The fourth-order valence-electron chi connectivity index (χ4n) is 2.31. The van der Waals surface area contributed by atoms with E-state index in [1.54, 1.807) is 4.90 Å². The van der Waals surface area contributed by atoms with Crippen LogP contribution in [0.3, 0.4) is 0 Å². The van der Waals surface area contributed by atoms with Gasteiger partial charge in [0.25, 0.3) is 5.91 Å². The van der Waals surface area contributed by atoms with Gasteiger partial charge in [-0.3, -0.25) is 9.59 Å². The number of carbonyl (C=O) groups is 2. The Balaban J connectivity index is 1.87. The molecule has 20 heavy (non-hydrogen) atoms. The summed E-state index contributed by atoms with van der Waals surface area (Å²) in [4.78, 5) is 24.8. The quantitative estimate of drug-likeness (QED) is 0.682. The number of nitrogens with zero attached hydrogens (tertiary/aromatic N) is 2. The Morgan fingerprint density at radius 3 is 2.50 bits per heavy atom. The molecule has 0 aromatic carbocycles. The summed E-state index contributed by atoms with van der Waals surface area (Å²) in [6, 6.07) is -0.123. The predicted octanol–water partition coefficient (Wildman–Crippen LogP) is -1.21. The molecule has 0 spiro atoms. The van der Waals surface area contributed by atoms with Crippen LogP contribution in [-0.2, 0) is 19.6 Å². The van der Waals surface area contributed by atoms with Crippen LogP contribution < -0.4 is 10.1 Å². The number of nitrogens with one attached hydrogen (secondary N) is 2. The van der Waals surface area contributed by atoms with Crippen LogP contribution in [-0.4, -0.2) is 56.2 Å². The molecule has 9 heteroatoms. The molecule has 0 aromatic rings. The van der Waals surface area contributed by atoms with Gasteiger partial charge in [-0.05, 0) is 12.8 Å². The summed E-state index contributed by atoms with van der Waals surface area (Å²) in [5.74, 6) is -0.361. The summed E-state index contributed by atoms with van der Waals surface area (Å²) in [5, 5.41) is 3.78. The molecule has 8 nitrogen and oxygen atoms in total. The molecule has 0 aliphatic carbocycles. The van der Waals surface area contributed by atoms with Gasteiger partial charge in [0.2, 0.25) is 15.9 Å². The molecular formula is C11H18N4O4S. The lowest BCUT2D eigenvalue weighted by molar-refractivity contribution is -0.125. The van der Waals surface area contributed by atoms with Crippen molar-refractivity contribution in [1.29, 1.82) is 0 Å². The monoisotopic (exact) mass is 302 g/mol. The first-order valence-corrected chi connectivity index (χ1v) is 8.36. The Morgan fingerprint density at radius 1 is 1.35 bits per heavy atom. The first-order valence-electron chi connectivity index (χ1n) is 6.47. The molecule has 0 radical (unpaired) electrons. The maximum absolute atomic E-state index is 12.2. The van der Waals surface area contributed by atoms with Crippen molar-refractivity contribution in [3.05, 3.63) is 0 Å². The fourth-order valence-corrected chi connectivity index (χ4v) is 3.16. The minimum atomic E-state index is -3.21. The van der Waals surface area contributed by atoms with E-state index < -0.39 is 10.0 Å². The number of hydrogen-bond donors (Lipinski definition) is 2. The van der Waals surface area contributed by atoms with E-state index in [4.69, 9.17) is 0 Å². The van der Waals surface area contributed by atoms with Crippen LogP contribution in [0, 0.1) is 0 Å². The van der Waals surface area contributed by atoms with Gasteiger partial charge in [-0.1, -0.05) is 0 Å². The standard InChI is InChI=1S/C11H18N4O4S/c1-20(18,19)14-8-4-6-15(7-5-8)11(17)9-2-3-10(16)13-12-9/h8,14H,2-7H2,1H3,(H,13,16). The molecule has 0 unspecified atom stereocenters. The van der Waals surface area contributed by atoms with Gasteiger partial charge in [-0.25, -0.2) is 18.6 Å². The normalized spacial score (nSPS) is 21.4. The highest BCUT2D eigenvalue weighted by Crippen LogP contribution is 2.13. The maximum Gasteiger partial charge on any atom is 0.270 e. The van der Waals surface area contributed by atoms with E-state index in [0.29, 0.717) is 38.1 Å². The van der Waals surface area contributed by atoms with Gasteiger partial charge in [0.05, 0.1) is 6.26 Å². The number of amides is 2. The van der Waals surface area contributed by atoms with E-state index in [-0.39, 0.29) is 24.3 Å². The maximum atomic E-state index is 12.2. The Kier molecular flexibility index (Phi) is 4.39. The molecule has 0 atom stereocenters. The number of carbonyl (C=O) groups excluding carboxylic acids is 2. The highest BCUT2D eigenvalue weighted by atomic mass is 32.2. The van der Waals surface area contributed by atoms with Gasteiger partial charge < -0.3 is 4.90 Å². The van der Waals surface area contributed by atoms with Gasteiger partial charge in [-0.15, -0.1) is 0 Å². The lowest BCUT2D eigenvalue weighted by atomic mass is 10.0. The van der Waals surface area contributed by atoms with Crippen molar-refractivity contribution in [3.8, 4) is 0 Å². The Morgan fingerprint density at radius 2 is 2.00 bits per heavy atom. The zero-order chi connectivity index (χ0) is 14.8. The molecular weight excluding hydrogens is 284 g/mol. The zero-order valence-corrected chi connectivity index (χ0v) is 12.1. The second-order valence-electron chi connectivity index (χ2n) is 5.05. The molecule has 0 saturated carbocycles. The summed E-state index contributed by atoms with van der Waals surface area (Å²) in [5.41, 5.74) is 2.66. The van der Waals surface area contributed by atoms with E-state index in [1.165, 1.54) is 0 Å². The van der Waals surface area contributed by atoms with Crippen molar-refractivity contribution in [2.24, 2.45) is 5.10 Å². The number of hydrazone groups is 1. The molecule has 1 fully saturated rings. The highest BCUT2D eigenvalue weighted by Gasteiger charge is 2.28. The number of rotatable bonds is 3. The van der Waals surface area contributed by atoms with Crippen molar-refractivity contribution < 1.29 is 18.0 Å². The van der Waals surface area contributed by atoms with E-state index in [9.17, 15) is 18.0 Å². The van der Waals surface area contributed by atoms with E-state index >= 15 is 0 Å². The molecule has 2 amide bonds. The number of hydrogen-bond acceptors (Lipinski definition) is 5. The Bertz CT molecular complexity index is 535. The van der Waals surface area contributed by atoms with Gasteiger partial charge in [0.1, 0.15) is 5.71 Å². The SMILES string of the molecule is CS(=O)(=O)NC1CCN(C(=O)C2=NNC(=O)CC2)CC1. The average molecular weight is 302 g/mol. The second kappa shape index (κ2) is 5.88. The van der Waals surface area contributed by atoms with Crippen LogP contribution >= 0.6 is 0 Å². The second-order valence-corrected chi connectivity index (χ2v) is 6.83. The predicted molar refractivity (Wildman–Crippen MR) is 72.4 cm³/mol. The van der Waals surface area contributed by atoms with E-state index in [1.807, 2.05) is 0 Å². The third-order valence-electron chi connectivity index (χ3n) is 3.31. The molecule has 0 aromatic heterocycles.